The summed E-state index contributed by atoms with van der Waals surface area (Å²) in [5.74, 6) is 0.677. The van der Waals surface area contributed by atoms with Crippen molar-refractivity contribution in [2.45, 2.75) is 0 Å². The van der Waals surface area contributed by atoms with E-state index in [1.165, 1.54) is 52.8 Å². The lowest BCUT2D eigenvalue weighted by atomic mass is 9.89. The number of rotatable bonds is 2. The standard InChI is InChI=1S/C40H23N3S/c1-2-13-26-24(10-1)22-23-29-28-16-7-11-25-12-8-20-34(36(25)28)43(38(26)29)40-41-33-19-5-3-15-31(33)37(42-40)32-18-9-17-30-27-14-4-6-21-35(27)44-39(30)32/h1-23H. The molecule has 1 aliphatic rings. The van der Waals surface area contributed by atoms with E-state index >= 15 is 0 Å². The van der Waals surface area contributed by atoms with Crippen molar-refractivity contribution in [3.8, 4) is 22.4 Å². The molecular formula is C40H23N3S. The second-order valence-corrected chi connectivity index (χ2v) is 12.4. The van der Waals surface area contributed by atoms with Crippen LogP contribution in [-0.4, -0.2) is 9.97 Å². The van der Waals surface area contributed by atoms with Crippen molar-refractivity contribution >= 4 is 81.3 Å². The van der Waals surface area contributed by atoms with Gasteiger partial charge in [-0.25, -0.2) is 9.97 Å². The average molecular weight is 578 g/mol. The molecule has 0 atom stereocenters. The van der Waals surface area contributed by atoms with Gasteiger partial charge in [-0.15, -0.1) is 11.3 Å². The summed E-state index contributed by atoms with van der Waals surface area (Å²) in [6.45, 7) is 0. The van der Waals surface area contributed by atoms with Gasteiger partial charge in [0, 0.05) is 47.5 Å². The number of hydrogen-bond acceptors (Lipinski definition) is 4. The lowest BCUT2D eigenvalue weighted by Gasteiger charge is -2.33. The topological polar surface area (TPSA) is 29.0 Å². The number of benzene rings is 7. The molecule has 204 valence electrons. The molecule has 9 aromatic rings. The molecule has 2 aromatic heterocycles. The number of para-hydroxylation sites is 1. The van der Waals surface area contributed by atoms with Gasteiger partial charge in [0.15, 0.2) is 0 Å². The van der Waals surface area contributed by atoms with Crippen LogP contribution in [0.2, 0.25) is 0 Å². The fourth-order valence-electron chi connectivity index (χ4n) is 7.08. The van der Waals surface area contributed by atoms with E-state index in [4.69, 9.17) is 9.97 Å². The second kappa shape index (κ2) is 8.96. The fourth-order valence-corrected chi connectivity index (χ4v) is 8.29. The first-order chi connectivity index (χ1) is 21.8. The van der Waals surface area contributed by atoms with Crippen molar-refractivity contribution in [1.82, 2.24) is 9.97 Å². The summed E-state index contributed by atoms with van der Waals surface area (Å²) in [5.41, 5.74) is 7.68. The zero-order valence-corrected chi connectivity index (χ0v) is 24.3. The van der Waals surface area contributed by atoms with Crippen LogP contribution in [0, 0.1) is 0 Å². The highest BCUT2D eigenvalue weighted by molar-refractivity contribution is 7.26. The number of hydrogen-bond donors (Lipinski definition) is 0. The summed E-state index contributed by atoms with van der Waals surface area (Å²) in [4.78, 5) is 13.1. The molecule has 4 heteroatoms. The van der Waals surface area contributed by atoms with Crippen LogP contribution in [-0.2, 0) is 0 Å². The molecule has 0 saturated carbocycles. The second-order valence-electron chi connectivity index (χ2n) is 11.4. The molecule has 0 N–H and O–H groups in total. The van der Waals surface area contributed by atoms with Gasteiger partial charge >= 0.3 is 0 Å². The van der Waals surface area contributed by atoms with Crippen LogP contribution < -0.4 is 4.90 Å². The van der Waals surface area contributed by atoms with Gasteiger partial charge in [-0.2, -0.15) is 0 Å². The Bertz CT molecular complexity index is 2630. The van der Waals surface area contributed by atoms with Crippen molar-refractivity contribution in [2.24, 2.45) is 0 Å². The lowest BCUT2D eigenvalue weighted by Crippen LogP contribution is -2.18. The zero-order chi connectivity index (χ0) is 28.8. The first-order valence-electron chi connectivity index (χ1n) is 14.8. The summed E-state index contributed by atoms with van der Waals surface area (Å²) in [6.07, 6.45) is 0. The van der Waals surface area contributed by atoms with E-state index in [2.05, 4.69) is 144 Å². The van der Waals surface area contributed by atoms with E-state index in [0.717, 1.165) is 33.5 Å². The molecule has 7 aromatic carbocycles. The molecule has 10 rings (SSSR count). The molecule has 3 nitrogen and oxygen atoms in total. The fraction of sp³-hybridized carbons (Fsp3) is 0. The van der Waals surface area contributed by atoms with Gasteiger partial charge < -0.3 is 0 Å². The molecule has 44 heavy (non-hydrogen) atoms. The highest BCUT2D eigenvalue weighted by Crippen LogP contribution is 2.53. The van der Waals surface area contributed by atoms with Crippen molar-refractivity contribution < 1.29 is 0 Å². The smallest absolute Gasteiger partial charge is 0.235 e. The number of nitrogens with zero attached hydrogens (tertiary/aromatic N) is 3. The molecule has 0 radical (unpaired) electrons. The minimum atomic E-state index is 0.677. The van der Waals surface area contributed by atoms with E-state index in [0.29, 0.717) is 5.95 Å². The maximum absolute atomic E-state index is 5.50. The minimum Gasteiger partial charge on any atom is -0.277 e. The summed E-state index contributed by atoms with van der Waals surface area (Å²) < 4.78 is 2.54. The Hall–Kier alpha value is -5.58. The third kappa shape index (κ3) is 3.26. The molecule has 0 saturated heterocycles. The van der Waals surface area contributed by atoms with E-state index in [1.54, 1.807) is 0 Å². The van der Waals surface area contributed by atoms with Crippen molar-refractivity contribution in [2.75, 3.05) is 4.90 Å². The van der Waals surface area contributed by atoms with Gasteiger partial charge in [0.25, 0.3) is 0 Å². The van der Waals surface area contributed by atoms with Gasteiger partial charge in [0.05, 0.1) is 22.6 Å². The predicted octanol–water partition coefficient (Wildman–Crippen LogP) is 11.4. The van der Waals surface area contributed by atoms with Crippen LogP contribution in [0.4, 0.5) is 17.3 Å². The highest BCUT2D eigenvalue weighted by Gasteiger charge is 2.30. The van der Waals surface area contributed by atoms with Gasteiger partial charge in [0.2, 0.25) is 5.95 Å². The van der Waals surface area contributed by atoms with E-state index in [1.807, 2.05) is 11.3 Å². The maximum atomic E-state index is 5.50. The van der Waals surface area contributed by atoms with Gasteiger partial charge in [-0.05, 0) is 34.5 Å². The Labute approximate surface area is 257 Å². The monoisotopic (exact) mass is 577 g/mol. The first-order valence-corrected chi connectivity index (χ1v) is 15.7. The van der Waals surface area contributed by atoms with Gasteiger partial charge in [0.1, 0.15) is 0 Å². The quantitative estimate of drug-likeness (QED) is 0.205. The van der Waals surface area contributed by atoms with Crippen LogP contribution in [0.5, 0.6) is 0 Å². The molecule has 0 fully saturated rings. The molecule has 0 amide bonds. The molecule has 0 unspecified atom stereocenters. The third-order valence-corrected chi connectivity index (χ3v) is 10.2. The van der Waals surface area contributed by atoms with Crippen molar-refractivity contribution in [3.63, 3.8) is 0 Å². The van der Waals surface area contributed by atoms with Crippen LogP contribution in [0.25, 0.3) is 75.0 Å². The van der Waals surface area contributed by atoms with Crippen molar-refractivity contribution in [3.05, 3.63) is 140 Å². The lowest BCUT2D eigenvalue weighted by molar-refractivity contribution is 1.12. The molecule has 1 aliphatic heterocycles. The Balaban J connectivity index is 1.34. The van der Waals surface area contributed by atoms with Crippen molar-refractivity contribution in [1.29, 1.82) is 0 Å². The Kier molecular flexibility index (Phi) is 4.87. The summed E-state index contributed by atoms with van der Waals surface area (Å²) in [5, 5.41) is 8.41. The van der Waals surface area contributed by atoms with Crippen LogP contribution >= 0.6 is 11.3 Å². The Morgan fingerprint density at radius 2 is 1.18 bits per heavy atom. The summed E-state index contributed by atoms with van der Waals surface area (Å²) in [6, 6.07) is 49.9. The Morgan fingerprint density at radius 3 is 2.11 bits per heavy atom. The van der Waals surface area contributed by atoms with Gasteiger partial charge in [-0.3, -0.25) is 4.90 Å². The predicted molar refractivity (Wildman–Crippen MR) is 187 cm³/mol. The first kappa shape index (κ1) is 23.9. The minimum absolute atomic E-state index is 0.677. The molecule has 0 aliphatic carbocycles. The average Bonchev–Trinajstić information content (AvgIpc) is 3.47. The third-order valence-electron chi connectivity index (χ3n) is 8.99. The Morgan fingerprint density at radius 1 is 0.477 bits per heavy atom. The molecule has 0 spiro atoms. The molecule has 3 heterocycles. The largest absolute Gasteiger partial charge is 0.277 e. The molecule has 0 bridgehead atoms. The van der Waals surface area contributed by atoms with E-state index < -0.39 is 0 Å². The molecular weight excluding hydrogens is 555 g/mol. The number of aromatic nitrogens is 2. The zero-order valence-electron chi connectivity index (χ0n) is 23.5. The van der Waals surface area contributed by atoms with Crippen LogP contribution in [0.15, 0.2) is 140 Å². The van der Waals surface area contributed by atoms with Crippen LogP contribution in [0.3, 0.4) is 0 Å². The normalized spacial score (nSPS) is 12.5. The maximum Gasteiger partial charge on any atom is 0.235 e. The highest BCUT2D eigenvalue weighted by atomic mass is 32.1. The van der Waals surface area contributed by atoms with Crippen LogP contribution in [0.1, 0.15) is 0 Å². The number of thiophene rings is 1. The van der Waals surface area contributed by atoms with E-state index in [-0.39, 0.29) is 0 Å². The summed E-state index contributed by atoms with van der Waals surface area (Å²) >= 11 is 1.84. The number of anilines is 3. The van der Waals surface area contributed by atoms with Gasteiger partial charge in [-0.1, -0.05) is 121 Å². The van der Waals surface area contributed by atoms with E-state index in [9.17, 15) is 0 Å². The summed E-state index contributed by atoms with van der Waals surface area (Å²) in [7, 11) is 0. The SMILES string of the molecule is c1ccc2c3c(ccc2c1)-c1cccc2cccc(c12)N3c1nc(-c2cccc3c2sc2ccccc23)c2ccccc2n1. The number of fused-ring (bicyclic) bond motifs is 8.